The zero-order chi connectivity index (χ0) is 14.0. The molecule has 4 nitrogen and oxygen atoms in total. The second-order valence-corrected chi connectivity index (χ2v) is 5.93. The van der Waals surface area contributed by atoms with Gasteiger partial charge in [0.1, 0.15) is 5.60 Å². The van der Waals surface area contributed by atoms with Crippen LogP contribution in [0.25, 0.3) is 0 Å². The van der Waals surface area contributed by atoms with Gasteiger partial charge in [-0.25, -0.2) is 4.79 Å². The van der Waals surface area contributed by atoms with E-state index in [9.17, 15) is 4.79 Å². The molecule has 0 bridgehead atoms. The van der Waals surface area contributed by atoms with Crippen molar-refractivity contribution in [1.82, 2.24) is 0 Å². The van der Waals surface area contributed by atoms with Crippen molar-refractivity contribution in [2.75, 3.05) is 16.8 Å². The number of hydrogen-bond acceptors (Lipinski definition) is 3. The van der Waals surface area contributed by atoms with Crippen molar-refractivity contribution in [3.05, 3.63) is 24.3 Å². The van der Waals surface area contributed by atoms with Crippen molar-refractivity contribution < 1.29 is 9.53 Å². The largest absolute Gasteiger partial charge is 0.443 e. The number of carbonyl (C=O) groups is 1. The molecule has 0 aromatic heterocycles. The topological polar surface area (TPSA) is 41.6 Å². The highest BCUT2D eigenvalue weighted by Crippen LogP contribution is 2.31. The number of amides is 1. The number of nitrogens with zero attached hydrogens (tertiary/aromatic N) is 1. The van der Waals surface area contributed by atoms with Gasteiger partial charge in [0.15, 0.2) is 0 Å². The van der Waals surface area contributed by atoms with Gasteiger partial charge in [0.2, 0.25) is 0 Å². The van der Waals surface area contributed by atoms with E-state index < -0.39 is 5.60 Å². The molecule has 1 heterocycles. The number of benzene rings is 1. The van der Waals surface area contributed by atoms with Crippen LogP contribution >= 0.6 is 0 Å². The van der Waals surface area contributed by atoms with Crippen molar-refractivity contribution in [1.29, 1.82) is 0 Å². The number of carbonyl (C=O) groups excluding carboxylic acids is 1. The molecule has 0 aliphatic carbocycles. The van der Waals surface area contributed by atoms with E-state index in [1.165, 1.54) is 0 Å². The first-order chi connectivity index (χ1) is 8.88. The molecule has 0 unspecified atom stereocenters. The van der Waals surface area contributed by atoms with E-state index in [4.69, 9.17) is 4.74 Å². The van der Waals surface area contributed by atoms with Crippen molar-refractivity contribution >= 4 is 17.5 Å². The fraction of sp³-hybridized carbons (Fsp3) is 0.533. The average Bonchev–Trinajstić information content (AvgIpc) is 2.44. The van der Waals surface area contributed by atoms with Crippen LogP contribution in [0.15, 0.2) is 24.3 Å². The Morgan fingerprint density at radius 1 is 1.37 bits per heavy atom. The lowest BCUT2D eigenvalue weighted by Gasteiger charge is -2.31. The molecule has 0 saturated carbocycles. The van der Waals surface area contributed by atoms with E-state index in [0.29, 0.717) is 0 Å². The van der Waals surface area contributed by atoms with Gasteiger partial charge in [0.25, 0.3) is 0 Å². The van der Waals surface area contributed by atoms with Crippen LogP contribution in [0.3, 0.4) is 0 Å². The van der Waals surface area contributed by atoms with Crippen molar-refractivity contribution in [2.45, 2.75) is 45.8 Å². The lowest BCUT2D eigenvalue weighted by atomic mass is 10.2. The molecule has 2 rings (SSSR count). The molecule has 19 heavy (non-hydrogen) atoms. The Morgan fingerprint density at radius 3 is 2.74 bits per heavy atom. The molecule has 1 aromatic carbocycles. The quantitative estimate of drug-likeness (QED) is 0.776. The Morgan fingerprint density at radius 2 is 2.05 bits per heavy atom. The minimum absolute atomic E-state index is 0.117. The highest BCUT2D eigenvalue weighted by atomic mass is 16.6. The molecular formula is C15H22N2O2. The summed E-state index contributed by atoms with van der Waals surface area (Å²) in [6, 6.07) is 7.97. The van der Waals surface area contributed by atoms with E-state index in [-0.39, 0.29) is 12.1 Å². The standard InChI is InChI=1S/C15H22N2O2/c1-11-9-10-16-12-7-5-6-8-13(12)17(11)14(18)19-15(2,3)4/h5-8,11,16H,9-10H2,1-4H3/t11-/m1/s1. The second kappa shape index (κ2) is 5.11. The molecule has 0 fully saturated rings. The maximum absolute atomic E-state index is 12.4. The van der Waals surface area contributed by atoms with Gasteiger partial charge >= 0.3 is 6.09 Å². The number of nitrogens with one attached hydrogen (secondary N) is 1. The van der Waals surface area contributed by atoms with E-state index in [0.717, 1.165) is 24.3 Å². The normalized spacial score (nSPS) is 19.2. The molecule has 104 valence electrons. The summed E-state index contributed by atoms with van der Waals surface area (Å²) in [6.45, 7) is 8.57. The van der Waals surface area contributed by atoms with Crippen molar-refractivity contribution in [2.24, 2.45) is 0 Å². The van der Waals surface area contributed by atoms with Crippen LogP contribution < -0.4 is 10.2 Å². The Balaban J connectivity index is 2.33. The van der Waals surface area contributed by atoms with Crippen LogP contribution in [0.5, 0.6) is 0 Å². The van der Waals surface area contributed by atoms with Crippen LogP contribution in [0.2, 0.25) is 0 Å². The molecule has 0 radical (unpaired) electrons. The molecule has 0 spiro atoms. The van der Waals surface area contributed by atoms with Crippen LogP contribution in [0, 0.1) is 0 Å². The highest BCUT2D eigenvalue weighted by molar-refractivity contribution is 5.93. The SMILES string of the molecule is C[C@@H]1CCNc2ccccc2N1C(=O)OC(C)(C)C. The molecule has 4 heteroatoms. The minimum Gasteiger partial charge on any atom is -0.443 e. The number of hydrogen-bond donors (Lipinski definition) is 1. The maximum atomic E-state index is 12.4. The predicted octanol–water partition coefficient (Wildman–Crippen LogP) is 3.63. The van der Waals surface area contributed by atoms with E-state index in [2.05, 4.69) is 5.32 Å². The Labute approximate surface area is 114 Å². The van der Waals surface area contributed by atoms with Gasteiger partial charge < -0.3 is 10.1 Å². The first kappa shape index (κ1) is 13.7. The fourth-order valence-corrected chi connectivity index (χ4v) is 2.20. The van der Waals surface area contributed by atoms with Gasteiger partial charge in [-0.05, 0) is 46.2 Å². The first-order valence-corrected chi connectivity index (χ1v) is 6.73. The fourth-order valence-electron chi connectivity index (χ4n) is 2.20. The summed E-state index contributed by atoms with van der Waals surface area (Å²) in [5.74, 6) is 0. The Bertz CT molecular complexity index is 465. The smallest absolute Gasteiger partial charge is 0.415 e. The lowest BCUT2D eigenvalue weighted by molar-refractivity contribution is 0.0568. The van der Waals surface area contributed by atoms with E-state index in [1.54, 1.807) is 4.90 Å². The number of anilines is 2. The zero-order valence-corrected chi connectivity index (χ0v) is 12.1. The van der Waals surface area contributed by atoms with Crippen molar-refractivity contribution in [3.63, 3.8) is 0 Å². The molecule has 1 N–H and O–H groups in total. The molecule has 1 aromatic rings. The third-order valence-corrected chi connectivity index (χ3v) is 3.07. The van der Waals surface area contributed by atoms with Crippen LogP contribution in [-0.4, -0.2) is 24.3 Å². The summed E-state index contributed by atoms with van der Waals surface area (Å²) >= 11 is 0. The summed E-state index contributed by atoms with van der Waals surface area (Å²) in [5.41, 5.74) is 1.39. The predicted molar refractivity (Wildman–Crippen MR) is 77.7 cm³/mol. The molecular weight excluding hydrogens is 240 g/mol. The van der Waals surface area contributed by atoms with Crippen LogP contribution in [0.4, 0.5) is 16.2 Å². The molecule has 1 aliphatic heterocycles. The highest BCUT2D eigenvalue weighted by Gasteiger charge is 2.30. The molecule has 1 atom stereocenters. The van der Waals surface area contributed by atoms with E-state index >= 15 is 0 Å². The summed E-state index contributed by atoms with van der Waals surface area (Å²) in [6.07, 6.45) is 0.615. The molecule has 1 amide bonds. The minimum atomic E-state index is -0.481. The Kier molecular flexibility index (Phi) is 3.69. The lowest BCUT2D eigenvalue weighted by Crippen LogP contribution is -2.42. The third-order valence-electron chi connectivity index (χ3n) is 3.07. The number of rotatable bonds is 0. The van der Waals surface area contributed by atoms with Gasteiger partial charge in [-0.3, -0.25) is 4.90 Å². The molecule has 1 aliphatic rings. The van der Waals surface area contributed by atoms with Crippen LogP contribution in [0.1, 0.15) is 34.1 Å². The summed E-state index contributed by atoms with van der Waals surface area (Å²) in [4.78, 5) is 14.2. The summed E-state index contributed by atoms with van der Waals surface area (Å²) in [7, 11) is 0. The van der Waals surface area contributed by atoms with Gasteiger partial charge in [-0.15, -0.1) is 0 Å². The number of fused-ring (bicyclic) bond motifs is 1. The average molecular weight is 262 g/mol. The van der Waals surface area contributed by atoms with Gasteiger partial charge in [-0.1, -0.05) is 12.1 Å². The summed E-state index contributed by atoms with van der Waals surface area (Å²) < 4.78 is 5.52. The van der Waals surface area contributed by atoms with Gasteiger partial charge in [0.05, 0.1) is 11.4 Å². The van der Waals surface area contributed by atoms with Gasteiger partial charge in [-0.2, -0.15) is 0 Å². The number of ether oxygens (including phenoxy) is 1. The van der Waals surface area contributed by atoms with Gasteiger partial charge in [0, 0.05) is 12.6 Å². The molecule has 0 saturated heterocycles. The second-order valence-electron chi connectivity index (χ2n) is 5.93. The maximum Gasteiger partial charge on any atom is 0.415 e. The first-order valence-electron chi connectivity index (χ1n) is 6.73. The summed E-state index contributed by atoms with van der Waals surface area (Å²) in [5, 5.41) is 3.35. The number of para-hydroxylation sites is 2. The Hall–Kier alpha value is -1.71. The third kappa shape index (κ3) is 3.19. The van der Waals surface area contributed by atoms with E-state index in [1.807, 2.05) is 52.0 Å². The monoisotopic (exact) mass is 262 g/mol. The zero-order valence-electron chi connectivity index (χ0n) is 12.1. The van der Waals surface area contributed by atoms with Crippen molar-refractivity contribution in [3.8, 4) is 0 Å². The van der Waals surface area contributed by atoms with Crippen LogP contribution in [-0.2, 0) is 4.74 Å².